The van der Waals surface area contributed by atoms with Crippen LogP contribution in [0.1, 0.15) is 19.9 Å². The highest BCUT2D eigenvalue weighted by Crippen LogP contribution is 2.15. The first-order valence-corrected chi connectivity index (χ1v) is 4.92. The molecule has 15 heavy (non-hydrogen) atoms. The number of hydrogen-bond acceptors (Lipinski definition) is 3. The van der Waals surface area contributed by atoms with Crippen molar-refractivity contribution in [3.8, 4) is 0 Å². The molecule has 2 rings (SSSR count). The maximum atomic E-state index is 9.02. The molecule has 0 atom stereocenters. The third kappa shape index (κ3) is 1.76. The minimum Gasteiger partial charge on any atom is -0.423 e. The van der Waals surface area contributed by atoms with Gasteiger partial charge in [0.2, 0.25) is 0 Å². The van der Waals surface area contributed by atoms with E-state index in [1.807, 2.05) is 10.6 Å². The molecule has 78 valence electrons. The lowest BCUT2D eigenvalue weighted by atomic mass is 9.80. The van der Waals surface area contributed by atoms with Gasteiger partial charge in [-0.25, -0.2) is 4.98 Å². The van der Waals surface area contributed by atoms with E-state index in [-0.39, 0.29) is 0 Å². The van der Waals surface area contributed by atoms with E-state index in [1.165, 1.54) is 0 Å². The Kier molecular flexibility index (Phi) is 2.50. The molecule has 4 nitrogen and oxygen atoms in total. The molecular formula is C10H13BN2O2. The van der Waals surface area contributed by atoms with Crippen molar-refractivity contribution in [1.82, 2.24) is 9.55 Å². The quantitative estimate of drug-likeness (QED) is 0.691. The SMILES string of the molecule is CC(C)n1cnc2cc(B(O)O)ccc21. The summed E-state index contributed by atoms with van der Waals surface area (Å²) in [4.78, 5) is 4.22. The van der Waals surface area contributed by atoms with E-state index in [4.69, 9.17) is 10.0 Å². The molecule has 0 aliphatic rings. The average Bonchev–Trinajstić information content (AvgIpc) is 2.59. The maximum Gasteiger partial charge on any atom is 0.488 e. The summed E-state index contributed by atoms with van der Waals surface area (Å²) in [6, 6.07) is 5.60. The number of benzene rings is 1. The van der Waals surface area contributed by atoms with Crippen LogP contribution >= 0.6 is 0 Å². The molecule has 0 spiro atoms. The summed E-state index contributed by atoms with van der Waals surface area (Å²) in [6.45, 7) is 4.16. The minimum atomic E-state index is -1.43. The molecule has 5 heteroatoms. The fraction of sp³-hybridized carbons (Fsp3) is 0.300. The number of hydrogen-bond donors (Lipinski definition) is 2. The van der Waals surface area contributed by atoms with E-state index < -0.39 is 7.12 Å². The summed E-state index contributed by atoms with van der Waals surface area (Å²) in [6.07, 6.45) is 1.77. The Hall–Kier alpha value is -1.33. The van der Waals surface area contributed by atoms with Gasteiger partial charge in [-0.3, -0.25) is 0 Å². The van der Waals surface area contributed by atoms with Gasteiger partial charge in [-0.05, 0) is 31.4 Å². The molecule has 2 N–H and O–H groups in total. The van der Waals surface area contributed by atoms with Crippen LogP contribution in [-0.2, 0) is 0 Å². The van der Waals surface area contributed by atoms with Crippen LogP contribution in [0.5, 0.6) is 0 Å². The van der Waals surface area contributed by atoms with Crippen molar-refractivity contribution in [2.24, 2.45) is 0 Å². The van der Waals surface area contributed by atoms with Crippen molar-refractivity contribution < 1.29 is 10.0 Å². The molecule has 1 aromatic carbocycles. The lowest BCUT2D eigenvalue weighted by Crippen LogP contribution is -2.29. The molecule has 2 aromatic rings. The van der Waals surface area contributed by atoms with Gasteiger partial charge < -0.3 is 14.6 Å². The van der Waals surface area contributed by atoms with Gasteiger partial charge in [0.05, 0.1) is 17.4 Å². The van der Waals surface area contributed by atoms with E-state index in [2.05, 4.69) is 18.8 Å². The van der Waals surface area contributed by atoms with Gasteiger partial charge in [-0.1, -0.05) is 6.07 Å². The van der Waals surface area contributed by atoms with Crippen molar-refractivity contribution in [3.63, 3.8) is 0 Å². The second-order valence-corrected chi connectivity index (χ2v) is 3.87. The molecule has 0 aliphatic carbocycles. The van der Waals surface area contributed by atoms with Crippen molar-refractivity contribution in [3.05, 3.63) is 24.5 Å². The molecule has 0 amide bonds. The molecule has 0 saturated carbocycles. The van der Waals surface area contributed by atoms with Crippen LogP contribution in [0, 0.1) is 0 Å². The second kappa shape index (κ2) is 3.68. The van der Waals surface area contributed by atoms with Crippen molar-refractivity contribution in [1.29, 1.82) is 0 Å². The Morgan fingerprint density at radius 1 is 1.33 bits per heavy atom. The van der Waals surface area contributed by atoms with E-state index in [0.29, 0.717) is 11.5 Å². The van der Waals surface area contributed by atoms with Crippen LogP contribution in [0.3, 0.4) is 0 Å². The normalized spacial score (nSPS) is 11.3. The van der Waals surface area contributed by atoms with Gasteiger partial charge in [0.15, 0.2) is 0 Å². The van der Waals surface area contributed by atoms with Crippen molar-refractivity contribution >= 4 is 23.6 Å². The highest BCUT2D eigenvalue weighted by Gasteiger charge is 2.13. The fourth-order valence-corrected chi connectivity index (χ4v) is 1.62. The molecule has 0 radical (unpaired) electrons. The third-order valence-electron chi connectivity index (χ3n) is 2.45. The van der Waals surface area contributed by atoms with Gasteiger partial charge in [0.1, 0.15) is 0 Å². The highest BCUT2D eigenvalue weighted by molar-refractivity contribution is 6.58. The molecule has 1 aromatic heterocycles. The monoisotopic (exact) mass is 204 g/mol. The van der Waals surface area contributed by atoms with E-state index in [9.17, 15) is 0 Å². The first kappa shape index (κ1) is 10.2. The van der Waals surface area contributed by atoms with E-state index in [0.717, 1.165) is 11.0 Å². The highest BCUT2D eigenvalue weighted by atomic mass is 16.4. The van der Waals surface area contributed by atoms with Gasteiger partial charge in [0, 0.05) is 6.04 Å². The Balaban J connectivity index is 2.57. The number of imidazole rings is 1. The molecule has 0 unspecified atom stereocenters. The lowest BCUT2D eigenvalue weighted by molar-refractivity contribution is 0.426. The molecule has 0 saturated heterocycles. The lowest BCUT2D eigenvalue weighted by Gasteiger charge is -2.07. The van der Waals surface area contributed by atoms with Gasteiger partial charge in [0.25, 0.3) is 0 Å². The van der Waals surface area contributed by atoms with Crippen LogP contribution in [0.25, 0.3) is 11.0 Å². The van der Waals surface area contributed by atoms with Crippen LogP contribution in [-0.4, -0.2) is 26.7 Å². The molecule has 0 aliphatic heterocycles. The smallest absolute Gasteiger partial charge is 0.423 e. The molecule has 1 heterocycles. The summed E-state index contributed by atoms with van der Waals surface area (Å²) in [5.41, 5.74) is 2.26. The van der Waals surface area contributed by atoms with Crippen molar-refractivity contribution in [2.75, 3.05) is 0 Å². The fourth-order valence-electron chi connectivity index (χ4n) is 1.62. The molecule has 0 bridgehead atoms. The zero-order chi connectivity index (χ0) is 11.0. The van der Waals surface area contributed by atoms with E-state index >= 15 is 0 Å². The number of aromatic nitrogens is 2. The first-order chi connectivity index (χ1) is 7.09. The van der Waals surface area contributed by atoms with E-state index in [1.54, 1.807) is 18.5 Å². The largest absolute Gasteiger partial charge is 0.488 e. The minimum absolute atomic E-state index is 0.347. The number of fused-ring (bicyclic) bond motifs is 1. The van der Waals surface area contributed by atoms with Crippen LogP contribution in [0.2, 0.25) is 0 Å². The average molecular weight is 204 g/mol. The molecular weight excluding hydrogens is 191 g/mol. The third-order valence-corrected chi connectivity index (χ3v) is 2.45. The summed E-state index contributed by atoms with van der Waals surface area (Å²) >= 11 is 0. The Morgan fingerprint density at radius 2 is 2.07 bits per heavy atom. The predicted molar refractivity (Wildman–Crippen MR) is 59.9 cm³/mol. The van der Waals surface area contributed by atoms with Crippen LogP contribution in [0.4, 0.5) is 0 Å². The topological polar surface area (TPSA) is 58.3 Å². The zero-order valence-corrected chi connectivity index (χ0v) is 8.75. The van der Waals surface area contributed by atoms with Crippen LogP contribution in [0.15, 0.2) is 24.5 Å². The van der Waals surface area contributed by atoms with Gasteiger partial charge >= 0.3 is 7.12 Å². The van der Waals surface area contributed by atoms with Crippen LogP contribution < -0.4 is 5.46 Å². The van der Waals surface area contributed by atoms with Crippen molar-refractivity contribution in [2.45, 2.75) is 19.9 Å². The Bertz CT molecular complexity index is 479. The summed E-state index contributed by atoms with van der Waals surface area (Å²) in [5, 5.41) is 18.0. The summed E-state index contributed by atoms with van der Waals surface area (Å²) in [5.74, 6) is 0. The Morgan fingerprint density at radius 3 is 2.67 bits per heavy atom. The summed E-state index contributed by atoms with van der Waals surface area (Å²) < 4.78 is 2.04. The molecule has 0 fully saturated rings. The first-order valence-electron chi connectivity index (χ1n) is 4.92. The number of nitrogens with zero attached hydrogens (tertiary/aromatic N) is 2. The standard InChI is InChI=1S/C10H13BN2O2/c1-7(2)13-6-12-9-5-8(11(14)15)3-4-10(9)13/h3-7,14-15H,1-2H3. The number of rotatable bonds is 2. The second-order valence-electron chi connectivity index (χ2n) is 3.87. The predicted octanol–water partition coefficient (Wildman–Crippen LogP) is 0.297. The Labute approximate surface area is 88.3 Å². The van der Waals surface area contributed by atoms with Gasteiger partial charge in [-0.2, -0.15) is 0 Å². The maximum absolute atomic E-state index is 9.02. The van der Waals surface area contributed by atoms with Gasteiger partial charge in [-0.15, -0.1) is 0 Å². The zero-order valence-electron chi connectivity index (χ0n) is 8.75. The summed E-state index contributed by atoms with van der Waals surface area (Å²) in [7, 11) is -1.43.